The Morgan fingerprint density at radius 2 is 1.67 bits per heavy atom. The van der Waals surface area contributed by atoms with E-state index in [-0.39, 0.29) is 28.6 Å². The molecule has 11 heteroatoms. The lowest BCUT2D eigenvalue weighted by atomic mass is 10.2. The highest BCUT2D eigenvalue weighted by Gasteiger charge is 2.18. The van der Waals surface area contributed by atoms with Crippen LogP contribution in [-0.4, -0.2) is 33.9 Å². The van der Waals surface area contributed by atoms with E-state index in [1.165, 1.54) is 37.4 Å². The molecule has 0 fully saturated rings. The van der Waals surface area contributed by atoms with Crippen molar-refractivity contribution in [1.29, 1.82) is 0 Å². The molecule has 3 aromatic carbocycles. The van der Waals surface area contributed by atoms with Crippen molar-refractivity contribution in [1.82, 2.24) is 5.32 Å². The molecule has 3 N–H and O–H groups in total. The molecule has 3 rings (SSSR count). The summed E-state index contributed by atoms with van der Waals surface area (Å²) >= 11 is 5.79. The van der Waals surface area contributed by atoms with Gasteiger partial charge in [0, 0.05) is 16.3 Å². The Kier molecular flexibility index (Phi) is 7.52. The van der Waals surface area contributed by atoms with Gasteiger partial charge in [-0.1, -0.05) is 11.6 Å². The third kappa shape index (κ3) is 6.43. The van der Waals surface area contributed by atoms with E-state index in [1.54, 1.807) is 12.1 Å². The van der Waals surface area contributed by atoms with Gasteiger partial charge >= 0.3 is 0 Å². The van der Waals surface area contributed by atoms with Crippen molar-refractivity contribution < 1.29 is 27.1 Å². The Balaban J connectivity index is 1.68. The Bertz CT molecular complexity index is 1270. The zero-order chi connectivity index (χ0) is 24.0. The Morgan fingerprint density at radius 1 is 1.00 bits per heavy atom. The van der Waals surface area contributed by atoms with Crippen LogP contribution in [0.5, 0.6) is 5.75 Å². The number of carbonyl (C=O) groups is 2. The molecule has 0 aliphatic heterocycles. The van der Waals surface area contributed by atoms with Gasteiger partial charge in [0.25, 0.3) is 15.9 Å². The topological polar surface area (TPSA) is 114 Å². The van der Waals surface area contributed by atoms with E-state index in [4.69, 9.17) is 16.3 Å². The molecule has 0 bridgehead atoms. The van der Waals surface area contributed by atoms with Crippen LogP contribution in [0.3, 0.4) is 0 Å². The fourth-order valence-electron chi connectivity index (χ4n) is 2.75. The van der Waals surface area contributed by atoms with Crippen LogP contribution in [0, 0.1) is 5.82 Å². The van der Waals surface area contributed by atoms with Gasteiger partial charge in [-0.25, -0.2) is 12.8 Å². The molecule has 0 saturated heterocycles. The summed E-state index contributed by atoms with van der Waals surface area (Å²) in [4.78, 5) is 24.2. The number of rotatable bonds is 8. The zero-order valence-corrected chi connectivity index (χ0v) is 18.8. The molecule has 0 saturated carbocycles. The summed E-state index contributed by atoms with van der Waals surface area (Å²) in [6.45, 7) is -0.315. The standard InChI is InChI=1S/C22H19ClFN3O5S/c1-32-20-11-8-17(12-19(20)27-33(30,31)18-9-6-16(24)7-10-18)26-21(28)13-25-22(29)14-2-4-15(23)5-3-14/h2-12,27H,13H2,1H3,(H,25,29)(H,26,28). The molecular weight excluding hydrogens is 473 g/mol. The number of halogens is 2. The van der Waals surface area contributed by atoms with Gasteiger partial charge in [-0.15, -0.1) is 0 Å². The second-order valence-corrected chi connectivity index (χ2v) is 8.83. The van der Waals surface area contributed by atoms with Crippen LogP contribution in [0.15, 0.2) is 71.6 Å². The lowest BCUT2D eigenvalue weighted by Gasteiger charge is -2.14. The number of carbonyl (C=O) groups excluding carboxylic acids is 2. The summed E-state index contributed by atoms with van der Waals surface area (Å²) in [6.07, 6.45) is 0. The first-order valence-corrected chi connectivity index (χ1v) is 11.3. The largest absolute Gasteiger partial charge is 0.495 e. The number of hydrogen-bond donors (Lipinski definition) is 3. The quantitative estimate of drug-likeness (QED) is 0.445. The lowest BCUT2D eigenvalue weighted by molar-refractivity contribution is -0.115. The van der Waals surface area contributed by atoms with Crippen LogP contribution in [0.2, 0.25) is 5.02 Å². The Morgan fingerprint density at radius 3 is 2.30 bits per heavy atom. The molecule has 172 valence electrons. The first-order chi connectivity index (χ1) is 15.7. The summed E-state index contributed by atoms with van der Waals surface area (Å²) < 4.78 is 45.9. The zero-order valence-electron chi connectivity index (χ0n) is 17.3. The number of methoxy groups -OCH3 is 1. The minimum absolute atomic E-state index is 0.0600. The van der Waals surface area contributed by atoms with E-state index in [9.17, 15) is 22.4 Å². The maximum atomic E-state index is 13.1. The summed E-state index contributed by atoms with van der Waals surface area (Å²) in [5.41, 5.74) is 0.664. The van der Waals surface area contributed by atoms with Crippen molar-refractivity contribution in [2.24, 2.45) is 0 Å². The average Bonchev–Trinajstić information content (AvgIpc) is 2.78. The highest BCUT2D eigenvalue weighted by molar-refractivity contribution is 7.92. The molecule has 0 radical (unpaired) electrons. The Hall–Kier alpha value is -3.63. The molecule has 0 heterocycles. The molecule has 0 aliphatic carbocycles. The number of nitrogens with one attached hydrogen (secondary N) is 3. The number of amides is 2. The SMILES string of the molecule is COc1ccc(NC(=O)CNC(=O)c2ccc(Cl)cc2)cc1NS(=O)(=O)c1ccc(F)cc1. The summed E-state index contributed by atoms with van der Waals surface area (Å²) in [6, 6.07) is 14.8. The minimum atomic E-state index is -4.04. The minimum Gasteiger partial charge on any atom is -0.495 e. The van der Waals surface area contributed by atoms with Gasteiger partial charge in [0.05, 0.1) is 24.2 Å². The molecular formula is C22H19ClFN3O5S. The van der Waals surface area contributed by atoms with Crippen LogP contribution in [-0.2, 0) is 14.8 Å². The van der Waals surface area contributed by atoms with Crippen molar-refractivity contribution in [2.75, 3.05) is 23.7 Å². The van der Waals surface area contributed by atoms with Crippen molar-refractivity contribution >= 4 is 44.8 Å². The van der Waals surface area contributed by atoms with Gasteiger partial charge in [-0.3, -0.25) is 14.3 Å². The maximum Gasteiger partial charge on any atom is 0.262 e. The fraction of sp³-hybridized carbons (Fsp3) is 0.0909. The molecule has 0 spiro atoms. The highest BCUT2D eigenvalue weighted by atomic mass is 35.5. The van der Waals surface area contributed by atoms with Gasteiger partial charge in [-0.2, -0.15) is 0 Å². The van der Waals surface area contributed by atoms with E-state index in [0.717, 1.165) is 24.3 Å². The first kappa shape index (κ1) is 24.0. The summed E-state index contributed by atoms with van der Waals surface area (Å²) in [5.74, 6) is -1.35. The van der Waals surface area contributed by atoms with E-state index >= 15 is 0 Å². The van der Waals surface area contributed by atoms with Gasteiger partial charge in [-0.05, 0) is 66.7 Å². The van der Waals surface area contributed by atoms with Crippen LogP contribution < -0.4 is 20.1 Å². The monoisotopic (exact) mass is 491 g/mol. The van der Waals surface area contributed by atoms with Crippen LogP contribution in [0.1, 0.15) is 10.4 Å². The lowest BCUT2D eigenvalue weighted by Crippen LogP contribution is -2.32. The van der Waals surface area contributed by atoms with Gasteiger partial charge in [0.2, 0.25) is 5.91 Å². The predicted molar refractivity (Wildman–Crippen MR) is 123 cm³/mol. The van der Waals surface area contributed by atoms with E-state index in [2.05, 4.69) is 15.4 Å². The number of hydrogen-bond acceptors (Lipinski definition) is 5. The normalized spacial score (nSPS) is 10.9. The van der Waals surface area contributed by atoms with E-state index in [0.29, 0.717) is 10.6 Å². The van der Waals surface area contributed by atoms with Crippen LogP contribution in [0.4, 0.5) is 15.8 Å². The Labute approximate surface area is 194 Å². The van der Waals surface area contributed by atoms with Gasteiger partial charge < -0.3 is 15.4 Å². The van der Waals surface area contributed by atoms with Crippen molar-refractivity contribution in [3.8, 4) is 5.75 Å². The first-order valence-electron chi connectivity index (χ1n) is 9.48. The summed E-state index contributed by atoms with van der Waals surface area (Å²) in [5, 5.41) is 5.53. The second-order valence-electron chi connectivity index (χ2n) is 6.71. The smallest absolute Gasteiger partial charge is 0.262 e. The summed E-state index contributed by atoms with van der Waals surface area (Å²) in [7, 11) is -2.68. The molecule has 3 aromatic rings. The van der Waals surface area contributed by atoms with Crippen molar-refractivity contribution in [3.05, 3.63) is 83.1 Å². The average molecular weight is 492 g/mol. The van der Waals surface area contributed by atoms with Crippen molar-refractivity contribution in [2.45, 2.75) is 4.90 Å². The molecule has 0 aliphatic rings. The number of anilines is 2. The second kappa shape index (κ2) is 10.3. The van der Waals surface area contributed by atoms with Crippen LogP contribution in [0.25, 0.3) is 0 Å². The number of benzene rings is 3. The molecule has 0 unspecified atom stereocenters. The molecule has 8 nitrogen and oxygen atoms in total. The molecule has 0 aromatic heterocycles. The van der Waals surface area contributed by atoms with E-state index in [1.807, 2.05) is 0 Å². The third-order valence-corrected chi connectivity index (χ3v) is 6.00. The number of sulfonamides is 1. The third-order valence-electron chi connectivity index (χ3n) is 4.37. The van der Waals surface area contributed by atoms with Gasteiger partial charge in [0.1, 0.15) is 11.6 Å². The van der Waals surface area contributed by atoms with Crippen molar-refractivity contribution in [3.63, 3.8) is 0 Å². The van der Waals surface area contributed by atoms with Gasteiger partial charge in [0.15, 0.2) is 0 Å². The predicted octanol–water partition coefficient (Wildman–Crippen LogP) is 3.66. The van der Waals surface area contributed by atoms with E-state index < -0.39 is 27.7 Å². The number of ether oxygens (including phenoxy) is 1. The molecule has 2 amide bonds. The highest BCUT2D eigenvalue weighted by Crippen LogP contribution is 2.30. The van der Waals surface area contributed by atoms with Crippen LogP contribution >= 0.6 is 11.6 Å². The molecule has 0 atom stereocenters. The molecule has 33 heavy (non-hydrogen) atoms. The fourth-order valence-corrected chi connectivity index (χ4v) is 3.94. The maximum absolute atomic E-state index is 13.1.